The number of hydrogen-bond acceptors (Lipinski definition) is 4. The first-order valence-corrected chi connectivity index (χ1v) is 9.81. The number of azo groups is 1. The molecule has 6 nitrogen and oxygen atoms in total. The molecule has 0 saturated carbocycles. The fraction of sp³-hybridized carbons (Fsp3) is 0.667. The fourth-order valence-corrected chi connectivity index (χ4v) is 1.43. The molecule has 0 aromatic carbocycles. The Kier molecular flexibility index (Phi) is 5.96. The van der Waals surface area contributed by atoms with Crippen LogP contribution in [0.2, 0.25) is 26.2 Å². The van der Waals surface area contributed by atoms with Gasteiger partial charge in [0, 0.05) is 0 Å². The lowest BCUT2D eigenvalue weighted by molar-refractivity contribution is 0.201. The summed E-state index contributed by atoms with van der Waals surface area (Å²) < 4.78 is 9.50. The van der Waals surface area contributed by atoms with Crippen molar-refractivity contribution in [3.63, 3.8) is 0 Å². The molecule has 0 atom stereocenters. The maximum Gasteiger partial charge on any atom is 0.438 e. The van der Waals surface area contributed by atoms with Gasteiger partial charge in [0.15, 0.2) is 0 Å². The van der Waals surface area contributed by atoms with Crippen molar-refractivity contribution in [2.24, 2.45) is 10.2 Å². The van der Waals surface area contributed by atoms with Gasteiger partial charge in [-0.05, 0) is 26.2 Å². The van der Waals surface area contributed by atoms with Gasteiger partial charge >= 0.3 is 12.2 Å². The fourth-order valence-electron chi connectivity index (χ4n) is 0.532. The van der Waals surface area contributed by atoms with Crippen molar-refractivity contribution >= 4 is 30.3 Å². The number of amides is 2. The molecule has 80 valence electrons. The highest BCUT2D eigenvalue weighted by atomic mass is 28.3. The highest BCUT2D eigenvalue weighted by molar-refractivity contribution is 6.50. The van der Waals surface area contributed by atoms with Crippen molar-refractivity contribution in [2.45, 2.75) is 26.2 Å². The van der Waals surface area contributed by atoms with E-state index in [-0.39, 0.29) is 0 Å². The van der Waals surface area contributed by atoms with Crippen molar-refractivity contribution in [1.82, 2.24) is 0 Å². The lowest BCUT2D eigenvalue weighted by Crippen LogP contribution is -2.13. The van der Waals surface area contributed by atoms with E-state index in [0.717, 1.165) is 0 Å². The molecule has 0 fully saturated rings. The third-order valence-electron chi connectivity index (χ3n) is 0.886. The van der Waals surface area contributed by atoms with Crippen LogP contribution in [0.15, 0.2) is 10.2 Å². The molecule has 0 aliphatic carbocycles. The zero-order chi connectivity index (χ0) is 11.1. The van der Waals surface area contributed by atoms with Crippen LogP contribution in [-0.4, -0.2) is 30.3 Å². The average Bonchev–Trinajstić information content (AvgIpc) is 1.98. The first-order valence-electron chi connectivity index (χ1n) is 4.24. The van der Waals surface area contributed by atoms with Crippen molar-refractivity contribution in [2.75, 3.05) is 0 Å². The van der Waals surface area contributed by atoms with Crippen LogP contribution in [0.3, 0.4) is 0 Å². The van der Waals surface area contributed by atoms with Crippen LogP contribution in [0.1, 0.15) is 0 Å². The van der Waals surface area contributed by atoms with E-state index >= 15 is 0 Å². The van der Waals surface area contributed by atoms with Gasteiger partial charge in [-0.15, -0.1) is 0 Å². The van der Waals surface area contributed by atoms with Crippen molar-refractivity contribution in [3.05, 3.63) is 0 Å². The third kappa shape index (κ3) is 7.61. The summed E-state index contributed by atoms with van der Waals surface area (Å²) in [4.78, 5) is 21.6. The van der Waals surface area contributed by atoms with Crippen LogP contribution in [0.5, 0.6) is 0 Å². The van der Waals surface area contributed by atoms with E-state index in [1.807, 2.05) is 26.2 Å². The zero-order valence-corrected chi connectivity index (χ0v) is 11.0. The standard InChI is InChI=1S/C6H14N2O4Si2/c1-13(2)11-5(9)7-8-6(10)12-14(3)4/h13-14H,1-4H3. The molecule has 2 amide bonds. The third-order valence-corrected chi connectivity index (χ3v) is 2.23. The topological polar surface area (TPSA) is 77.3 Å². The molecule has 0 N–H and O–H groups in total. The van der Waals surface area contributed by atoms with E-state index in [4.69, 9.17) is 8.85 Å². The first kappa shape index (κ1) is 13.0. The molecule has 0 heterocycles. The van der Waals surface area contributed by atoms with Gasteiger partial charge in [0.25, 0.3) is 0 Å². The van der Waals surface area contributed by atoms with Gasteiger partial charge in [0.2, 0.25) is 18.1 Å². The van der Waals surface area contributed by atoms with E-state index in [2.05, 4.69) is 10.2 Å². The van der Waals surface area contributed by atoms with Crippen molar-refractivity contribution in [3.8, 4) is 0 Å². The van der Waals surface area contributed by atoms with Gasteiger partial charge in [-0.25, -0.2) is 9.59 Å². The molecule has 0 bridgehead atoms. The van der Waals surface area contributed by atoms with Crippen LogP contribution in [0, 0.1) is 0 Å². The summed E-state index contributed by atoms with van der Waals surface area (Å²) >= 11 is 0. The predicted octanol–water partition coefficient (Wildman–Crippen LogP) is 1.68. The van der Waals surface area contributed by atoms with E-state index in [0.29, 0.717) is 0 Å². The Morgan fingerprint density at radius 1 is 0.857 bits per heavy atom. The van der Waals surface area contributed by atoms with E-state index in [1.165, 1.54) is 0 Å². The van der Waals surface area contributed by atoms with Gasteiger partial charge in [0.05, 0.1) is 0 Å². The molecule has 0 aromatic heterocycles. The molecular weight excluding hydrogens is 220 g/mol. The number of nitrogens with zero attached hydrogens (tertiary/aromatic N) is 2. The van der Waals surface area contributed by atoms with Gasteiger partial charge in [0.1, 0.15) is 0 Å². The van der Waals surface area contributed by atoms with Crippen molar-refractivity contribution in [1.29, 1.82) is 0 Å². The smallest absolute Gasteiger partial charge is 0.438 e. The molecule has 0 aliphatic rings. The van der Waals surface area contributed by atoms with Crippen LogP contribution < -0.4 is 0 Å². The summed E-state index contributed by atoms with van der Waals surface area (Å²) in [5.74, 6) is 0. The van der Waals surface area contributed by atoms with Crippen LogP contribution in [-0.2, 0) is 8.85 Å². The summed E-state index contributed by atoms with van der Waals surface area (Å²) in [6.07, 6.45) is -1.65. The second-order valence-electron chi connectivity index (χ2n) is 3.07. The first-order chi connectivity index (χ1) is 6.41. The lowest BCUT2D eigenvalue weighted by atomic mass is 11.2. The Morgan fingerprint density at radius 3 is 1.36 bits per heavy atom. The maximum absolute atomic E-state index is 10.8. The molecule has 0 aliphatic heterocycles. The van der Waals surface area contributed by atoms with E-state index < -0.39 is 30.3 Å². The molecule has 0 spiro atoms. The molecule has 0 aromatic rings. The van der Waals surface area contributed by atoms with Gasteiger partial charge in [-0.3, -0.25) is 0 Å². The lowest BCUT2D eigenvalue weighted by Gasteiger charge is -2.02. The van der Waals surface area contributed by atoms with E-state index in [1.54, 1.807) is 0 Å². The summed E-state index contributed by atoms with van der Waals surface area (Å²) in [5, 5.41) is 6.13. The van der Waals surface area contributed by atoms with Crippen LogP contribution in [0.25, 0.3) is 0 Å². The zero-order valence-electron chi connectivity index (χ0n) is 8.68. The monoisotopic (exact) mass is 234 g/mol. The molecule has 0 rings (SSSR count). The number of hydrogen-bond donors (Lipinski definition) is 0. The van der Waals surface area contributed by atoms with Crippen molar-refractivity contribution < 1.29 is 18.4 Å². The minimum absolute atomic E-state index is 0.825. The Morgan fingerprint density at radius 2 is 1.14 bits per heavy atom. The van der Waals surface area contributed by atoms with Gasteiger partial charge < -0.3 is 8.85 Å². The number of carbonyl (C=O) groups is 2. The summed E-state index contributed by atoms with van der Waals surface area (Å²) in [6.45, 7) is 7.25. The minimum Gasteiger partial charge on any atom is -0.504 e. The highest BCUT2D eigenvalue weighted by Gasteiger charge is 2.07. The normalized spacial score (nSPS) is 11.0. The highest BCUT2D eigenvalue weighted by Crippen LogP contribution is 1.94. The minimum atomic E-state index is -1.47. The maximum atomic E-state index is 10.8. The number of carbonyl (C=O) groups excluding carboxylic acids is 2. The van der Waals surface area contributed by atoms with Crippen LogP contribution >= 0.6 is 0 Å². The van der Waals surface area contributed by atoms with Crippen LogP contribution in [0.4, 0.5) is 9.59 Å². The second kappa shape index (κ2) is 6.43. The molecular formula is C6H14N2O4Si2. The average molecular weight is 234 g/mol. The Bertz CT molecular complexity index is 218. The van der Waals surface area contributed by atoms with Gasteiger partial charge in [-0.2, -0.15) is 0 Å². The quantitative estimate of drug-likeness (QED) is 0.538. The Balaban J connectivity index is 3.92. The predicted molar refractivity (Wildman–Crippen MR) is 55.6 cm³/mol. The second-order valence-corrected chi connectivity index (χ2v) is 7.73. The Labute approximate surface area is 85.8 Å². The molecule has 0 unspecified atom stereocenters. The number of rotatable bonds is 2. The van der Waals surface area contributed by atoms with Gasteiger partial charge in [-0.1, -0.05) is 10.2 Å². The summed E-state index contributed by atoms with van der Waals surface area (Å²) in [7, 11) is -2.93. The SMILES string of the molecule is C[SiH](C)OC(=O)N=NC(=O)O[SiH](C)C. The molecule has 0 radical (unpaired) electrons. The summed E-state index contributed by atoms with van der Waals surface area (Å²) in [6, 6.07) is 0. The largest absolute Gasteiger partial charge is 0.504 e. The molecule has 8 heteroatoms. The molecule has 14 heavy (non-hydrogen) atoms. The molecule has 0 saturated heterocycles. The Hall–Kier alpha value is -1.03. The van der Waals surface area contributed by atoms with E-state index in [9.17, 15) is 9.59 Å². The summed E-state index contributed by atoms with van der Waals surface area (Å²) in [5.41, 5.74) is 0.